The van der Waals surface area contributed by atoms with Crippen LogP contribution in [0.3, 0.4) is 0 Å². The number of Topliss-reactive ketones (excluding diaryl/α,β-unsaturated/α-hetero) is 1. The smallest absolute Gasteiger partial charge is 0.213 e. The van der Waals surface area contributed by atoms with Gasteiger partial charge in [0, 0.05) is 4.83 Å². The lowest BCUT2D eigenvalue weighted by atomic mass is 9.99. The Hall–Kier alpha value is -1.03. The monoisotopic (exact) mass is 340 g/mol. The van der Waals surface area contributed by atoms with Gasteiger partial charge in [-0.1, -0.05) is 28.9 Å². The van der Waals surface area contributed by atoms with Crippen LogP contribution in [0.25, 0.3) is 0 Å². The molecule has 20 heavy (non-hydrogen) atoms. The van der Waals surface area contributed by atoms with Crippen LogP contribution in [0.5, 0.6) is 11.5 Å². The number of fused-ring (bicyclic) bond motifs is 1. The van der Waals surface area contributed by atoms with E-state index in [4.69, 9.17) is 9.47 Å². The summed E-state index contributed by atoms with van der Waals surface area (Å²) < 4.78 is 11.6. The number of alkyl halides is 1. The summed E-state index contributed by atoms with van der Waals surface area (Å²) in [4.78, 5) is 12.8. The van der Waals surface area contributed by atoms with Gasteiger partial charge in [-0.25, -0.2) is 0 Å². The molecule has 1 aliphatic heterocycles. The summed E-state index contributed by atoms with van der Waals surface area (Å²) in [6, 6.07) is 5.53. The fourth-order valence-electron chi connectivity index (χ4n) is 2.28. The minimum atomic E-state index is -0.796. The molecule has 4 heteroatoms. The first-order valence-corrected chi connectivity index (χ1v) is 7.90. The lowest BCUT2D eigenvalue weighted by Crippen LogP contribution is -2.32. The molecule has 0 amide bonds. The molecule has 0 spiro atoms. The predicted molar refractivity (Wildman–Crippen MR) is 83.2 cm³/mol. The summed E-state index contributed by atoms with van der Waals surface area (Å²) >= 11 is 3.53. The standard InChI is InChI=1S/C16H21BrO3/c1-10(17)8-9-11(2)19-12-6-5-7-13-14(12)15(18)16(3,4)20-13/h5-7,10-11H,8-9H2,1-4H3. The second-order valence-corrected chi connectivity index (χ2v) is 7.42. The minimum absolute atomic E-state index is 0.0100. The first-order valence-electron chi connectivity index (χ1n) is 6.99. The quantitative estimate of drug-likeness (QED) is 0.746. The molecular formula is C16H21BrO3. The molecule has 2 atom stereocenters. The summed E-state index contributed by atoms with van der Waals surface area (Å²) in [6.45, 7) is 7.72. The second-order valence-electron chi connectivity index (χ2n) is 5.86. The van der Waals surface area contributed by atoms with Gasteiger partial charge < -0.3 is 9.47 Å². The first-order chi connectivity index (χ1) is 9.31. The maximum absolute atomic E-state index is 12.4. The Bertz CT molecular complexity index is 508. The summed E-state index contributed by atoms with van der Waals surface area (Å²) in [5.74, 6) is 1.25. The number of carbonyl (C=O) groups is 1. The van der Waals surface area contributed by atoms with E-state index in [9.17, 15) is 4.79 Å². The number of hydrogen-bond acceptors (Lipinski definition) is 3. The van der Waals surface area contributed by atoms with Crippen molar-refractivity contribution in [2.75, 3.05) is 0 Å². The molecule has 2 rings (SSSR count). The van der Waals surface area contributed by atoms with Gasteiger partial charge in [-0.2, -0.15) is 0 Å². The Balaban J connectivity index is 2.16. The van der Waals surface area contributed by atoms with Crippen molar-refractivity contribution in [1.82, 2.24) is 0 Å². The van der Waals surface area contributed by atoms with Crippen LogP contribution in [0.4, 0.5) is 0 Å². The predicted octanol–water partition coefficient (Wildman–Crippen LogP) is 4.37. The van der Waals surface area contributed by atoms with E-state index in [1.54, 1.807) is 13.8 Å². The zero-order valence-corrected chi connectivity index (χ0v) is 14.0. The average molecular weight is 341 g/mol. The van der Waals surface area contributed by atoms with E-state index in [-0.39, 0.29) is 11.9 Å². The van der Waals surface area contributed by atoms with Crippen molar-refractivity contribution in [1.29, 1.82) is 0 Å². The number of benzene rings is 1. The summed E-state index contributed by atoms with van der Waals surface area (Å²) in [6.07, 6.45) is 2.04. The van der Waals surface area contributed by atoms with Crippen molar-refractivity contribution < 1.29 is 14.3 Å². The SMILES string of the molecule is CC(Br)CCC(C)Oc1cccc2c1C(=O)C(C)(C)O2. The third kappa shape index (κ3) is 3.17. The fourth-order valence-corrected chi connectivity index (χ4v) is 2.54. The van der Waals surface area contributed by atoms with E-state index in [1.165, 1.54) is 0 Å². The molecule has 1 aromatic rings. The third-order valence-electron chi connectivity index (χ3n) is 3.43. The molecule has 2 unspecified atom stereocenters. The van der Waals surface area contributed by atoms with Crippen molar-refractivity contribution in [3.05, 3.63) is 23.8 Å². The molecule has 0 saturated heterocycles. The van der Waals surface area contributed by atoms with Gasteiger partial charge in [0.2, 0.25) is 5.78 Å². The van der Waals surface area contributed by atoms with Crippen molar-refractivity contribution >= 4 is 21.7 Å². The van der Waals surface area contributed by atoms with E-state index in [2.05, 4.69) is 22.9 Å². The van der Waals surface area contributed by atoms with Gasteiger partial charge in [0.05, 0.1) is 6.10 Å². The molecule has 0 radical (unpaired) electrons. The van der Waals surface area contributed by atoms with Crippen LogP contribution >= 0.6 is 15.9 Å². The number of halogens is 1. The van der Waals surface area contributed by atoms with Gasteiger partial charge in [0.15, 0.2) is 5.60 Å². The Kier molecular flexibility index (Phi) is 4.43. The highest BCUT2D eigenvalue weighted by Crippen LogP contribution is 2.40. The van der Waals surface area contributed by atoms with Crippen molar-refractivity contribution in [3.63, 3.8) is 0 Å². The number of ether oxygens (including phenoxy) is 2. The number of rotatable bonds is 5. The minimum Gasteiger partial charge on any atom is -0.490 e. The Labute approximate surface area is 128 Å². The van der Waals surface area contributed by atoms with Crippen molar-refractivity contribution in [3.8, 4) is 11.5 Å². The molecule has 1 aromatic carbocycles. The normalized spacial score (nSPS) is 19.1. The Morgan fingerprint density at radius 2 is 2.00 bits per heavy atom. The molecule has 0 fully saturated rings. The van der Waals surface area contributed by atoms with E-state index in [0.29, 0.717) is 21.9 Å². The maximum Gasteiger partial charge on any atom is 0.213 e. The van der Waals surface area contributed by atoms with Gasteiger partial charge in [-0.05, 0) is 45.7 Å². The third-order valence-corrected chi connectivity index (χ3v) is 3.88. The zero-order chi connectivity index (χ0) is 14.9. The van der Waals surface area contributed by atoms with Crippen LogP contribution in [-0.4, -0.2) is 22.3 Å². The molecule has 0 saturated carbocycles. The highest BCUT2D eigenvalue weighted by molar-refractivity contribution is 9.09. The van der Waals surface area contributed by atoms with E-state index in [0.717, 1.165) is 12.8 Å². The van der Waals surface area contributed by atoms with Crippen LogP contribution < -0.4 is 9.47 Å². The number of hydrogen-bond donors (Lipinski definition) is 0. The lowest BCUT2D eigenvalue weighted by molar-refractivity contribution is 0.0682. The highest BCUT2D eigenvalue weighted by Gasteiger charge is 2.42. The van der Waals surface area contributed by atoms with E-state index >= 15 is 0 Å². The molecule has 3 nitrogen and oxygen atoms in total. The Morgan fingerprint density at radius 1 is 1.30 bits per heavy atom. The van der Waals surface area contributed by atoms with E-state index in [1.807, 2.05) is 25.1 Å². The van der Waals surface area contributed by atoms with Crippen LogP contribution in [-0.2, 0) is 0 Å². The molecule has 0 aliphatic carbocycles. The van der Waals surface area contributed by atoms with Crippen LogP contribution in [0.1, 0.15) is 50.9 Å². The number of carbonyl (C=O) groups excluding carboxylic acids is 1. The zero-order valence-electron chi connectivity index (χ0n) is 12.4. The van der Waals surface area contributed by atoms with Gasteiger partial charge in [-0.3, -0.25) is 4.79 Å². The molecule has 1 heterocycles. The van der Waals surface area contributed by atoms with Crippen molar-refractivity contribution in [2.24, 2.45) is 0 Å². The van der Waals surface area contributed by atoms with Crippen LogP contribution in [0.15, 0.2) is 18.2 Å². The van der Waals surface area contributed by atoms with Gasteiger partial charge in [-0.15, -0.1) is 0 Å². The summed E-state index contributed by atoms with van der Waals surface area (Å²) in [5.41, 5.74) is -0.216. The molecule has 0 N–H and O–H groups in total. The largest absolute Gasteiger partial charge is 0.490 e. The number of ketones is 1. The second kappa shape index (κ2) is 5.76. The first kappa shape index (κ1) is 15.4. The van der Waals surface area contributed by atoms with Gasteiger partial charge in [0.1, 0.15) is 17.1 Å². The summed E-state index contributed by atoms with van der Waals surface area (Å²) in [7, 11) is 0. The molecule has 110 valence electrons. The maximum atomic E-state index is 12.4. The lowest BCUT2D eigenvalue weighted by Gasteiger charge is -2.17. The average Bonchev–Trinajstić information content (AvgIpc) is 2.58. The summed E-state index contributed by atoms with van der Waals surface area (Å²) in [5, 5.41) is 0. The van der Waals surface area contributed by atoms with Gasteiger partial charge in [0.25, 0.3) is 0 Å². The van der Waals surface area contributed by atoms with Crippen LogP contribution in [0, 0.1) is 0 Å². The Morgan fingerprint density at radius 3 is 2.65 bits per heavy atom. The molecule has 0 bridgehead atoms. The fraction of sp³-hybridized carbons (Fsp3) is 0.562. The van der Waals surface area contributed by atoms with Gasteiger partial charge >= 0.3 is 0 Å². The van der Waals surface area contributed by atoms with E-state index < -0.39 is 5.60 Å². The highest BCUT2D eigenvalue weighted by atomic mass is 79.9. The van der Waals surface area contributed by atoms with Crippen molar-refractivity contribution in [2.45, 2.75) is 57.1 Å². The topological polar surface area (TPSA) is 35.5 Å². The molecule has 0 aromatic heterocycles. The molecular weight excluding hydrogens is 320 g/mol. The molecule has 1 aliphatic rings. The van der Waals surface area contributed by atoms with Crippen LogP contribution in [0.2, 0.25) is 0 Å².